The number of carbonyl (C=O) groups is 1. The number of carboxylic acids is 1. The van der Waals surface area contributed by atoms with Crippen LogP contribution in [0.5, 0.6) is 5.75 Å². The maximum absolute atomic E-state index is 10.7. The predicted molar refractivity (Wildman–Crippen MR) is 113 cm³/mol. The number of aliphatic hydroxyl groups is 2. The minimum atomic E-state index is -0.750. The highest BCUT2D eigenvalue weighted by Crippen LogP contribution is 2.42. The standard InChI is InChI=1S/C24H34O6/c1-16-4-2-6-19(12-16)29-15-18(25)9-11-20-21-10-8-17(5-3-7-24(27)28)14-30-23(21)13-22(20)26/h2,4,6,9,11-12,17-18,20-23,25-26H,3,5,7-8,10,13-15H2,1H3,(H,27,28)/b11-9+/t17-,18?,20+,21+,22+,23-/m0/s1. The van der Waals surface area contributed by atoms with Gasteiger partial charge < -0.3 is 24.8 Å². The molecule has 1 heterocycles. The molecule has 3 rings (SSSR count). The molecule has 166 valence electrons. The van der Waals surface area contributed by atoms with Crippen LogP contribution in [0.4, 0.5) is 0 Å². The van der Waals surface area contributed by atoms with Crippen molar-refractivity contribution in [3.63, 3.8) is 0 Å². The lowest BCUT2D eigenvalue weighted by atomic mass is 9.86. The molecule has 0 spiro atoms. The van der Waals surface area contributed by atoms with Gasteiger partial charge in [0.2, 0.25) is 0 Å². The van der Waals surface area contributed by atoms with Crippen molar-refractivity contribution >= 4 is 5.97 Å². The van der Waals surface area contributed by atoms with Crippen LogP contribution in [0.3, 0.4) is 0 Å². The second kappa shape index (κ2) is 10.9. The Morgan fingerprint density at radius 3 is 2.97 bits per heavy atom. The SMILES string of the molecule is Cc1cccc(OCC(O)/C=C/[C@@H]2[C@H]3CC[C@H](CCCC(=O)O)CO[C@H]3C[C@H]2O)c1. The van der Waals surface area contributed by atoms with Crippen molar-refractivity contribution in [2.45, 2.75) is 63.8 Å². The molecule has 0 radical (unpaired) electrons. The molecule has 3 N–H and O–H groups in total. The van der Waals surface area contributed by atoms with Gasteiger partial charge in [-0.15, -0.1) is 0 Å². The zero-order valence-electron chi connectivity index (χ0n) is 17.7. The van der Waals surface area contributed by atoms with Gasteiger partial charge in [0.1, 0.15) is 18.5 Å². The van der Waals surface area contributed by atoms with Crippen molar-refractivity contribution in [3.8, 4) is 5.75 Å². The Labute approximate surface area is 178 Å². The highest BCUT2D eigenvalue weighted by molar-refractivity contribution is 5.66. The molecule has 1 unspecified atom stereocenters. The molecule has 1 aromatic carbocycles. The summed E-state index contributed by atoms with van der Waals surface area (Å²) in [7, 11) is 0. The van der Waals surface area contributed by atoms with Gasteiger partial charge in [0.05, 0.1) is 12.2 Å². The first-order valence-corrected chi connectivity index (χ1v) is 11.0. The van der Waals surface area contributed by atoms with E-state index >= 15 is 0 Å². The number of rotatable bonds is 9. The number of aryl methyl sites for hydroxylation is 1. The summed E-state index contributed by atoms with van der Waals surface area (Å²) in [5.41, 5.74) is 1.10. The Bertz CT molecular complexity index is 717. The highest BCUT2D eigenvalue weighted by Gasteiger charge is 2.43. The maximum Gasteiger partial charge on any atom is 0.303 e. The van der Waals surface area contributed by atoms with Crippen LogP contribution in [-0.4, -0.2) is 52.8 Å². The fourth-order valence-corrected chi connectivity index (χ4v) is 4.68. The third kappa shape index (κ3) is 6.56. The van der Waals surface area contributed by atoms with Crippen molar-refractivity contribution in [3.05, 3.63) is 42.0 Å². The molecule has 2 fully saturated rings. The lowest BCUT2D eigenvalue weighted by molar-refractivity contribution is -0.137. The van der Waals surface area contributed by atoms with Crippen LogP contribution in [0.1, 0.15) is 44.1 Å². The quantitative estimate of drug-likeness (QED) is 0.532. The molecule has 6 atom stereocenters. The molecule has 1 aromatic rings. The van der Waals surface area contributed by atoms with Crippen LogP contribution in [0.2, 0.25) is 0 Å². The fourth-order valence-electron chi connectivity index (χ4n) is 4.68. The molecule has 6 nitrogen and oxygen atoms in total. The van der Waals surface area contributed by atoms with Gasteiger partial charge in [-0.1, -0.05) is 24.3 Å². The molecule has 0 aromatic heterocycles. The van der Waals surface area contributed by atoms with E-state index in [4.69, 9.17) is 14.6 Å². The van der Waals surface area contributed by atoms with E-state index in [1.807, 2.05) is 37.3 Å². The van der Waals surface area contributed by atoms with Gasteiger partial charge in [0, 0.05) is 25.4 Å². The Morgan fingerprint density at radius 2 is 2.20 bits per heavy atom. The van der Waals surface area contributed by atoms with E-state index in [1.165, 1.54) is 0 Å². The smallest absolute Gasteiger partial charge is 0.303 e. The number of aliphatic hydroxyl groups excluding tert-OH is 2. The number of fused-ring (bicyclic) bond motifs is 1. The molecule has 1 saturated heterocycles. The number of benzene rings is 1. The van der Waals surface area contributed by atoms with Crippen LogP contribution in [0.25, 0.3) is 0 Å². The van der Waals surface area contributed by atoms with E-state index in [1.54, 1.807) is 6.08 Å². The molecule has 1 aliphatic carbocycles. The Morgan fingerprint density at radius 1 is 1.37 bits per heavy atom. The summed E-state index contributed by atoms with van der Waals surface area (Å²) < 4.78 is 11.7. The van der Waals surface area contributed by atoms with Gasteiger partial charge >= 0.3 is 5.97 Å². The molecule has 1 aliphatic heterocycles. The predicted octanol–water partition coefficient (Wildman–Crippen LogP) is 3.34. The Hall–Kier alpha value is -1.89. The lowest BCUT2D eigenvalue weighted by Crippen LogP contribution is -2.22. The van der Waals surface area contributed by atoms with Crippen molar-refractivity contribution in [2.75, 3.05) is 13.2 Å². The van der Waals surface area contributed by atoms with Crippen LogP contribution < -0.4 is 4.74 Å². The summed E-state index contributed by atoms with van der Waals surface area (Å²) >= 11 is 0. The van der Waals surface area contributed by atoms with Crippen LogP contribution in [0.15, 0.2) is 36.4 Å². The molecular weight excluding hydrogens is 384 g/mol. The van der Waals surface area contributed by atoms with Gasteiger partial charge in [0.25, 0.3) is 0 Å². The topological polar surface area (TPSA) is 96.2 Å². The van der Waals surface area contributed by atoms with Crippen LogP contribution in [-0.2, 0) is 9.53 Å². The van der Waals surface area contributed by atoms with Crippen molar-refractivity contribution in [1.29, 1.82) is 0 Å². The van der Waals surface area contributed by atoms with Gasteiger partial charge in [-0.25, -0.2) is 0 Å². The normalized spacial score (nSPS) is 30.0. The summed E-state index contributed by atoms with van der Waals surface area (Å²) in [6, 6.07) is 7.71. The highest BCUT2D eigenvalue weighted by atomic mass is 16.5. The first-order chi connectivity index (χ1) is 14.4. The van der Waals surface area contributed by atoms with E-state index in [0.717, 1.165) is 30.6 Å². The number of hydrogen-bond donors (Lipinski definition) is 3. The maximum atomic E-state index is 10.7. The third-order valence-electron chi connectivity index (χ3n) is 6.31. The number of hydrogen-bond acceptors (Lipinski definition) is 5. The summed E-state index contributed by atoms with van der Waals surface area (Å²) in [5, 5.41) is 29.6. The molecule has 30 heavy (non-hydrogen) atoms. The van der Waals surface area contributed by atoms with Gasteiger partial charge in [0.15, 0.2) is 0 Å². The molecule has 1 saturated carbocycles. The Kier molecular flexibility index (Phi) is 8.31. The molecule has 2 aliphatic rings. The summed E-state index contributed by atoms with van der Waals surface area (Å²) in [6.07, 6.45) is 6.75. The van der Waals surface area contributed by atoms with E-state index in [2.05, 4.69) is 0 Å². The van der Waals surface area contributed by atoms with E-state index in [-0.39, 0.29) is 31.0 Å². The zero-order valence-corrected chi connectivity index (χ0v) is 17.7. The van der Waals surface area contributed by atoms with E-state index < -0.39 is 18.2 Å². The first kappa shape index (κ1) is 22.8. The van der Waals surface area contributed by atoms with Crippen LogP contribution in [0, 0.1) is 24.7 Å². The monoisotopic (exact) mass is 418 g/mol. The van der Waals surface area contributed by atoms with E-state index in [0.29, 0.717) is 25.4 Å². The second-order valence-corrected chi connectivity index (χ2v) is 8.73. The van der Waals surface area contributed by atoms with Gasteiger partial charge in [-0.05, 0) is 62.1 Å². The minimum Gasteiger partial charge on any atom is -0.491 e. The van der Waals surface area contributed by atoms with Crippen molar-refractivity contribution in [1.82, 2.24) is 0 Å². The van der Waals surface area contributed by atoms with Crippen molar-refractivity contribution < 1.29 is 29.6 Å². The Balaban J connectivity index is 1.49. The molecule has 0 amide bonds. The molecular formula is C24H34O6. The average Bonchev–Trinajstić information content (AvgIpc) is 2.86. The van der Waals surface area contributed by atoms with Crippen molar-refractivity contribution in [2.24, 2.45) is 17.8 Å². The minimum absolute atomic E-state index is 0.0276. The summed E-state index contributed by atoms with van der Waals surface area (Å²) in [5.74, 6) is 0.547. The summed E-state index contributed by atoms with van der Waals surface area (Å²) in [4.78, 5) is 10.7. The molecule has 0 bridgehead atoms. The summed E-state index contributed by atoms with van der Waals surface area (Å²) in [6.45, 7) is 2.79. The largest absolute Gasteiger partial charge is 0.491 e. The molecule has 6 heteroatoms. The number of carboxylic acid groups (broad SMARTS) is 1. The number of aliphatic carboxylic acids is 1. The van der Waals surface area contributed by atoms with E-state index in [9.17, 15) is 15.0 Å². The van der Waals surface area contributed by atoms with Gasteiger partial charge in [-0.2, -0.15) is 0 Å². The van der Waals surface area contributed by atoms with Crippen LogP contribution >= 0.6 is 0 Å². The van der Waals surface area contributed by atoms with Gasteiger partial charge in [-0.3, -0.25) is 4.79 Å². The third-order valence-corrected chi connectivity index (χ3v) is 6.31. The second-order valence-electron chi connectivity index (χ2n) is 8.73. The first-order valence-electron chi connectivity index (χ1n) is 11.0. The average molecular weight is 419 g/mol. The lowest BCUT2D eigenvalue weighted by Gasteiger charge is -2.21. The zero-order chi connectivity index (χ0) is 21.5. The fraction of sp³-hybridized carbons (Fsp3) is 0.625. The number of ether oxygens (including phenoxy) is 2.